The van der Waals surface area contributed by atoms with Gasteiger partial charge in [0, 0.05) is 19.1 Å². The lowest BCUT2D eigenvalue weighted by Gasteiger charge is -2.32. The molecule has 2 aliphatic rings. The van der Waals surface area contributed by atoms with E-state index in [9.17, 15) is 0 Å². The number of rotatable bonds is 4. The van der Waals surface area contributed by atoms with Crippen molar-refractivity contribution in [3.05, 3.63) is 29.8 Å². The Kier molecular flexibility index (Phi) is 10.0. The quantitative estimate of drug-likeness (QED) is 0.692. The second-order valence-electron chi connectivity index (χ2n) is 6.35. The van der Waals surface area contributed by atoms with Gasteiger partial charge >= 0.3 is 0 Å². The minimum absolute atomic E-state index is 0.422. The standard InChI is InChI=1S/C15H21NO.C4H10.C2H6/c1-12-4-2-3-5-15(12)17-14-8-10-16(11-9-14)13-6-7-13;1-3-4-2;1-2/h2-5,13-14H,6-11H2,1H3;3-4H2,1-2H3;1-2H3. The number of piperidine rings is 1. The second kappa shape index (κ2) is 11.5. The Morgan fingerprint density at radius 1 is 0.957 bits per heavy atom. The molecule has 0 radical (unpaired) electrons. The van der Waals surface area contributed by atoms with Crippen LogP contribution in [0.15, 0.2) is 24.3 Å². The normalized spacial score (nSPS) is 18.3. The lowest BCUT2D eigenvalue weighted by atomic mass is 10.1. The summed E-state index contributed by atoms with van der Waals surface area (Å²) in [7, 11) is 0. The van der Waals surface area contributed by atoms with Crippen LogP contribution in [0.1, 0.15) is 71.8 Å². The molecule has 1 aromatic rings. The molecule has 0 amide bonds. The van der Waals surface area contributed by atoms with Gasteiger partial charge in [-0.05, 0) is 44.2 Å². The highest BCUT2D eigenvalue weighted by molar-refractivity contribution is 5.31. The summed E-state index contributed by atoms with van der Waals surface area (Å²) < 4.78 is 6.11. The summed E-state index contributed by atoms with van der Waals surface area (Å²) in [5, 5.41) is 0. The predicted molar refractivity (Wildman–Crippen MR) is 101 cm³/mol. The van der Waals surface area contributed by atoms with E-state index in [-0.39, 0.29) is 0 Å². The Morgan fingerprint density at radius 2 is 1.52 bits per heavy atom. The number of para-hydroxylation sites is 1. The molecule has 0 spiro atoms. The van der Waals surface area contributed by atoms with Crippen molar-refractivity contribution in [2.24, 2.45) is 0 Å². The van der Waals surface area contributed by atoms with Crippen molar-refractivity contribution >= 4 is 0 Å². The van der Waals surface area contributed by atoms with Crippen molar-refractivity contribution in [2.75, 3.05) is 13.1 Å². The molecule has 3 rings (SSSR count). The number of unbranched alkanes of at least 4 members (excludes halogenated alkanes) is 1. The van der Waals surface area contributed by atoms with Gasteiger partial charge in [0.25, 0.3) is 0 Å². The summed E-state index contributed by atoms with van der Waals surface area (Å²) >= 11 is 0. The molecule has 1 aromatic carbocycles. The SMILES string of the molecule is CC.CCCC.Cc1ccccc1OC1CCN(C2CC2)CC1. The zero-order valence-electron chi connectivity index (χ0n) is 16.0. The molecule has 2 fully saturated rings. The van der Waals surface area contributed by atoms with Gasteiger partial charge in [0.15, 0.2) is 0 Å². The van der Waals surface area contributed by atoms with Crippen molar-refractivity contribution in [3.63, 3.8) is 0 Å². The molecule has 0 aromatic heterocycles. The lowest BCUT2D eigenvalue weighted by molar-refractivity contribution is 0.0960. The highest BCUT2D eigenvalue weighted by Crippen LogP contribution is 2.30. The fraction of sp³-hybridized carbons (Fsp3) is 0.714. The van der Waals surface area contributed by atoms with Gasteiger partial charge < -0.3 is 9.64 Å². The Morgan fingerprint density at radius 3 is 2.00 bits per heavy atom. The molecule has 0 atom stereocenters. The maximum atomic E-state index is 6.11. The third-order valence-corrected chi connectivity index (χ3v) is 4.43. The summed E-state index contributed by atoms with van der Waals surface area (Å²) in [5.41, 5.74) is 1.25. The largest absolute Gasteiger partial charge is 0.490 e. The summed E-state index contributed by atoms with van der Waals surface area (Å²) in [6.45, 7) is 12.9. The van der Waals surface area contributed by atoms with Crippen LogP contribution in [0, 0.1) is 6.92 Å². The van der Waals surface area contributed by atoms with Crippen LogP contribution in [0.25, 0.3) is 0 Å². The first-order valence-corrected chi connectivity index (χ1v) is 9.71. The summed E-state index contributed by atoms with van der Waals surface area (Å²) in [5.74, 6) is 1.07. The van der Waals surface area contributed by atoms with Crippen LogP contribution in [0.5, 0.6) is 5.75 Å². The number of hydrogen-bond acceptors (Lipinski definition) is 2. The van der Waals surface area contributed by atoms with E-state index in [0.717, 1.165) is 11.8 Å². The Hall–Kier alpha value is -1.02. The molecular weight excluding hydrogens is 282 g/mol. The Balaban J connectivity index is 0.000000388. The summed E-state index contributed by atoms with van der Waals surface area (Å²) in [6, 6.07) is 9.24. The van der Waals surface area contributed by atoms with Crippen molar-refractivity contribution in [1.29, 1.82) is 0 Å². The number of benzene rings is 1. The van der Waals surface area contributed by atoms with Gasteiger partial charge in [0.1, 0.15) is 11.9 Å². The van der Waals surface area contributed by atoms with Gasteiger partial charge in [-0.2, -0.15) is 0 Å². The molecule has 1 aliphatic heterocycles. The number of likely N-dealkylation sites (tertiary alicyclic amines) is 1. The van der Waals surface area contributed by atoms with Crippen molar-refractivity contribution in [2.45, 2.75) is 85.3 Å². The van der Waals surface area contributed by atoms with Gasteiger partial charge in [-0.3, -0.25) is 0 Å². The van der Waals surface area contributed by atoms with Gasteiger partial charge in [-0.25, -0.2) is 0 Å². The molecule has 1 aliphatic carbocycles. The number of ether oxygens (including phenoxy) is 1. The zero-order chi connectivity index (χ0) is 17.1. The summed E-state index contributed by atoms with van der Waals surface area (Å²) in [4.78, 5) is 2.64. The van der Waals surface area contributed by atoms with Crippen molar-refractivity contribution in [1.82, 2.24) is 4.90 Å². The van der Waals surface area contributed by atoms with E-state index in [1.54, 1.807) is 0 Å². The van der Waals surface area contributed by atoms with Crippen molar-refractivity contribution in [3.8, 4) is 5.75 Å². The van der Waals surface area contributed by atoms with E-state index in [2.05, 4.69) is 49.9 Å². The second-order valence-corrected chi connectivity index (χ2v) is 6.35. The molecule has 2 heteroatoms. The molecule has 0 bridgehead atoms. The zero-order valence-corrected chi connectivity index (χ0v) is 16.0. The minimum Gasteiger partial charge on any atom is -0.490 e. The molecule has 1 saturated carbocycles. The molecule has 0 N–H and O–H groups in total. The fourth-order valence-electron chi connectivity index (χ4n) is 2.67. The molecule has 1 heterocycles. The van der Waals surface area contributed by atoms with Crippen LogP contribution >= 0.6 is 0 Å². The summed E-state index contributed by atoms with van der Waals surface area (Å²) in [6.07, 6.45) is 8.27. The highest BCUT2D eigenvalue weighted by Gasteiger charge is 2.32. The molecule has 23 heavy (non-hydrogen) atoms. The van der Waals surface area contributed by atoms with Crippen molar-refractivity contribution < 1.29 is 4.74 Å². The van der Waals surface area contributed by atoms with Crippen LogP contribution in [-0.2, 0) is 0 Å². The number of aryl methyl sites for hydroxylation is 1. The van der Waals surface area contributed by atoms with E-state index >= 15 is 0 Å². The fourth-order valence-corrected chi connectivity index (χ4v) is 2.67. The van der Waals surface area contributed by atoms with E-state index in [1.165, 1.54) is 57.2 Å². The van der Waals surface area contributed by atoms with Gasteiger partial charge in [-0.15, -0.1) is 0 Å². The topological polar surface area (TPSA) is 12.5 Å². The van der Waals surface area contributed by atoms with E-state index in [4.69, 9.17) is 4.74 Å². The monoisotopic (exact) mass is 319 g/mol. The van der Waals surface area contributed by atoms with Crippen LogP contribution in [0.4, 0.5) is 0 Å². The van der Waals surface area contributed by atoms with Gasteiger partial charge in [-0.1, -0.05) is 58.7 Å². The smallest absolute Gasteiger partial charge is 0.122 e. The molecule has 1 saturated heterocycles. The molecule has 132 valence electrons. The molecule has 0 unspecified atom stereocenters. The number of hydrogen-bond donors (Lipinski definition) is 0. The van der Waals surface area contributed by atoms with Crippen LogP contribution in [0.3, 0.4) is 0 Å². The average molecular weight is 320 g/mol. The number of nitrogens with zero attached hydrogens (tertiary/aromatic N) is 1. The van der Waals surface area contributed by atoms with Crippen LogP contribution in [0.2, 0.25) is 0 Å². The van der Waals surface area contributed by atoms with Crippen LogP contribution < -0.4 is 4.74 Å². The van der Waals surface area contributed by atoms with Gasteiger partial charge in [0.05, 0.1) is 0 Å². The average Bonchev–Trinajstić information content (AvgIpc) is 3.45. The third-order valence-electron chi connectivity index (χ3n) is 4.43. The predicted octanol–water partition coefficient (Wildman–Crippen LogP) is 5.83. The first-order chi connectivity index (χ1) is 11.2. The van der Waals surface area contributed by atoms with E-state index in [0.29, 0.717) is 6.10 Å². The van der Waals surface area contributed by atoms with E-state index in [1.807, 2.05) is 13.8 Å². The minimum atomic E-state index is 0.422. The van der Waals surface area contributed by atoms with Gasteiger partial charge in [0.2, 0.25) is 0 Å². The lowest BCUT2D eigenvalue weighted by Crippen LogP contribution is -2.39. The van der Waals surface area contributed by atoms with E-state index < -0.39 is 0 Å². The third kappa shape index (κ3) is 7.39. The Bertz CT molecular complexity index is 404. The maximum Gasteiger partial charge on any atom is 0.122 e. The highest BCUT2D eigenvalue weighted by atomic mass is 16.5. The molecule has 2 nitrogen and oxygen atoms in total. The molecular formula is C21H37NO. The maximum absolute atomic E-state index is 6.11. The first kappa shape index (κ1) is 20.0. The van der Waals surface area contributed by atoms with Crippen LogP contribution in [-0.4, -0.2) is 30.1 Å². The Labute approximate surface area is 144 Å². The first-order valence-electron chi connectivity index (χ1n) is 9.71.